The Balaban J connectivity index is 1.52. The molecule has 1 aliphatic carbocycles. The second-order valence-electron chi connectivity index (χ2n) is 6.50. The zero-order valence-electron chi connectivity index (χ0n) is 14.9. The normalized spacial score (nSPS) is 18.5. The van der Waals surface area contributed by atoms with Gasteiger partial charge in [0, 0.05) is 23.7 Å². The largest absolute Gasteiger partial charge is 0.484 e. The molecule has 0 unspecified atom stereocenters. The summed E-state index contributed by atoms with van der Waals surface area (Å²) in [6.07, 6.45) is 2.67. The Morgan fingerprint density at radius 3 is 2.54 bits per heavy atom. The summed E-state index contributed by atoms with van der Waals surface area (Å²) in [5.41, 5.74) is 0.541. The molecule has 0 radical (unpaired) electrons. The number of amides is 2. The van der Waals surface area contributed by atoms with Crippen molar-refractivity contribution in [3.05, 3.63) is 41.6 Å². The van der Waals surface area contributed by atoms with Crippen molar-refractivity contribution >= 4 is 23.4 Å². The molecule has 1 aromatic carbocycles. The lowest BCUT2D eigenvalue weighted by molar-refractivity contribution is -0.130. The van der Waals surface area contributed by atoms with Crippen LogP contribution >= 0.6 is 11.6 Å². The van der Waals surface area contributed by atoms with E-state index in [1.165, 1.54) is 0 Å². The SMILES string of the molecule is C=C(CCNC(=O)COc1ccc(Cl)cc1)NC(=O)COC1CC(C)C1. The van der Waals surface area contributed by atoms with Gasteiger partial charge in [0.15, 0.2) is 6.61 Å². The Bertz CT molecular complexity index is 627. The van der Waals surface area contributed by atoms with Crippen molar-refractivity contribution in [3.63, 3.8) is 0 Å². The third-order valence-electron chi connectivity index (χ3n) is 4.03. The summed E-state index contributed by atoms with van der Waals surface area (Å²) in [6, 6.07) is 6.77. The van der Waals surface area contributed by atoms with E-state index >= 15 is 0 Å². The van der Waals surface area contributed by atoms with Gasteiger partial charge in [0.2, 0.25) is 5.91 Å². The van der Waals surface area contributed by atoms with E-state index in [0.29, 0.717) is 35.4 Å². The van der Waals surface area contributed by atoms with Gasteiger partial charge in [0.05, 0.1) is 6.10 Å². The molecule has 0 heterocycles. The van der Waals surface area contributed by atoms with Crippen LogP contribution in [0.4, 0.5) is 0 Å². The van der Waals surface area contributed by atoms with Crippen LogP contribution < -0.4 is 15.4 Å². The molecule has 2 rings (SSSR count). The van der Waals surface area contributed by atoms with E-state index < -0.39 is 0 Å². The molecule has 0 bridgehead atoms. The summed E-state index contributed by atoms with van der Waals surface area (Å²) in [5.74, 6) is 0.792. The van der Waals surface area contributed by atoms with Crippen molar-refractivity contribution in [1.29, 1.82) is 0 Å². The minimum Gasteiger partial charge on any atom is -0.484 e. The van der Waals surface area contributed by atoms with E-state index in [1.807, 2.05) is 0 Å². The predicted molar refractivity (Wildman–Crippen MR) is 100.0 cm³/mol. The smallest absolute Gasteiger partial charge is 0.257 e. The van der Waals surface area contributed by atoms with Crippen LogP contribution in [0.15, 0.2) is 36.5 Å². The average molecular weight is 381 g/mol. The molecule has 0 atom stereocenters. The van der Waals surface area contributed by atoms with Crippen molar-refractivity contribution in [3.8, 4) is 5.75 Å². The second-order valence-corrected chi connectivity index (χ2v) is 6.94. The zero-order valence-corrected chi connectivity index (χ0v) is 15.7. The molecule has 2 amide bonds. The van der Waals surface area contributed by atoms with Gasteiger partial charge in [-0.15, -0.1) is 0 Å². The van der Waals surface area contributed by atoms with E-state index in [9.17, 15) is 9.59 Å². The fraction of sp³-hybridized carbons (Fsp3) is 0.474. The lowest BCUT2D eigenvalue weighted by Crippen LogP contribution is -2.35. The molecule has 7 heteroatoms. The monoisotopic (exact) mass is 380 g/mol. The van der Waals surface area contributed by atoms with Gasteiger partial charge in [-0.2, -0.15) is 0 Å². The molecule has 1 aliphatic rings. The fourth-order valence-corrected chi connectivity index (χ4v) is 2.66. The maximum atomic E-state index is 11.7. The molecule has 1 saturated carbocycles. The summed E-state index contributed by atoms with van der Waals surface area (Å²) in [5, 5.41) is 5.99. The fourth-order valence-electron chi connectivity index (χ4n) is 2.54. The number of ether oxygens (including phenoxy) is 2. The van der Waals surface area contributed by atoms with E-state index in [-0.39, 0.29) is 31.1 Å². The Morgan fingerprint density at radius 1 is 1.19 bits per heavy atom. The minimum absolute atomic E-state index is 0.0394. The summed E-state index contributed by atoms with van der Waals surface area (Å²) in [4.78, 5) is 23.5. The molecular formula is C19H25ClN2O4. The average Bonchev–Trinajstić information content (AvgIpc) is 2.57. The van der Waals surface area contributed by atoms with Crippen molar-refractivity contribution in [1.82, 2.24) is 10.6 Å². The quantitative estimate of drug-likeness (QED) is 0.654. The van der Waals surface area contributed by atoms with Crippen LogP contribution in [-0.2, 0) is 14.3 Å². The third-order valence-corrected chi connectivity index (χ3v) is 4.28. The number of hydrogen-bond donors (Lipinski definition) is 2. The minimum atomic E-state index is -0.249. The van der Waals surface area contributed by atoms with Gasteiger partial charge in [0.1, 0.15) is 12.4 Å². The van der Waals surface area contributed by atoms with Crippen molar-refractivity contribution in [2.45, 2.75) is 32.3 Å². The van der Waals surface area contributed by atoms with Crippen molar-refractivity contribution in [2.75, 3.05) is 19.8 Å². The van der Waals surface area contributed by atoms with Gasteiger partial charge < -0.3 is 20.1 Å². The molecule has 26 heavy (non-hydrogen) atoms. The zero-order chi connectivity index (χ0) is 18.9. The van der Waals surface area contributed by atoms with E-state index in [4.69, 9.17) is 21.1 Å². The molecule has 0 spiro atoms. The van der Waals surface area contributed by atoms with Gasteiger partial charge >= 0.3 is 0 Å². The van der Waals surface area contributed by atoms with Crippen LogP contribution in [0.1, 0.15) is 26.2 Å². The Kier molecular flexibility index (Phi) is 7.94. The summed E-state index contributed by atoms with van der Waals surface area (Å²) in [6.45, 7) is 6.26. The maximum Gasteiger partial charge on any atom is 0.257 e. The van der Waals surface area contributed by atoms with E-state index in [2.05, 4.69) is 24.1 Å². The number of halogens is 1. The van der Waals surface area contributed by atoms with Crippen LogP contribution in [0.2, 0.25) is 5.02 Å². The molecule has 0 aromatic heterocycles. The molecule has 142 valence electrons. The lowest BCUT2D eigenvalue weighted by atomic mass is 9.84. The first kappa shape index (κ1) is 20.3. The first-order valence-corrected chi connectivity index (χ1v) is 9.04. The van der Waals surface area contributed by atoms with Crippen LogP contribution in [-0.4, -0.2) is 37.7 Å². The highest BCUT2D eigenvalue weighted by Gasteiger charge is 2.26. The molecule has 2 N–H and O–H groups in total. The Morgan fingerprint density at radius 2 is 1.88 bits per heavy atom. The van der Waals surface area contributed by atoms with Gasteiger partial charge in [-0.1, -0.05) is 25.1 Å². The molecule has 6 nitrogen and oxygen atoms in total. The predicted octanol–water partition coefficient (Wildman–Crippen LogP) is 2.67. The lowest BCUT2D eigenvalue weighted by Gasteiger charge is -2.32. The number of nitrogens with one attached hydrogen (secondary N) is 2. The highest BCUT2D eigenvalue weighted by molar-refractivity contribution is 6.30. The first-order chi connectivity index (χ1) is 12.4. The van der Waals surface area contributed by atoms with Gasteiger partial charge in [-0.25, -0.2) is 0 Å². The Labute approximate surface area is 158 Å². The number of rotatable bonds is 10. The van der Waals surface area contributed by atoms with Crippen LogP contribution in [0.3, 0.4) is 0 Å². The summed E-state index contributed by atoms with van der Waals surface area (Å²) in [7, 11) is 0. The van der Waals surface area contributed by atoms with Crippen LogP contribution in [0.5, 0.6) is 5.75 Å². The van der Waals surface area contributed by atoms with Crippen LogP contribution in [0, 0.1) is 5.92 Å². The maximum absolute atomic E-state index is 11.7. The number of benzene rings is 1. The van der Waals surface area contributed by atoms with Crippen molar-refractivity contribution < 1.29 is 19.1 Å². The first-order valence-electron chi connectivity index (χ1n) is 8.66. The number of carbonyl (C=O) groups excluding carboxylic acids is 2. The summed E-state index contributed by atoms with van der Waals surface area (Å²) < 4.78 is 10.8. The van der Waals surface area contributed by atoms with Crippen molar-refractivity contribution in [2.24, 2.45) is 5.92 Å². The van der Waals surface area contributed by atoms with Gasteiger partial charge in [0.25, 0.3) is 5.91 Å². The number of hydrogen-bond acceptors (Lipinski definition) is 4. The van der Waals surface area contributed by atoms with Crippen LogP contribution in [0.25, 0.3) is 0 Å². The Hall–Kier alpha value is -2.05. The molecular weight excluding hydrogens is 356 g/mol. The standard InChI is InChI=1S/C19H25ClN2O4/c1-13-9-17(10-13)26-12-19(24)22-14(2)7-8-21-18(23)11-25-16-5-3-15(20)4-6-16/h3-6,13,17H,2,7-12H2,1H3,(H,21,23)(H,22,24). The highest BCUT2D eigenvalue weighted by Crippen LogP contribution is 2.28. The molecule has 0 saturated heterocycles. The summed E-state index contributed by atoms with van der Waals surface area (Å²) >= 11 is 5.78. The van der Waals surface area contributed by atoms with E-state index in [1.54, 1.807) is 24.3 Å². The molecule has 1 aromatic rings. The third kappa shape index (κ3) is 7.45. The van der Waals surface area contributed by atoms with E-state index in [0.717, 1.165) is 12.8 Å². The van der Waals surface area contributed by atoms with Gasteiger partial charge in [-0.05, 0) is 43.0 Å². The number of carbonyl (C=O) groups is 2. The highest BCUT2D eigenvalue weighted by atomic mass is 35.5. The molecule has 0 aliphatic heterocycles. The van der Waals surface area contributed by atoms with Gasteiger partial charge in [-0.3, -0.25) is 9.59 Å². The molecule has 1 fully saturated rings. The topological polar surface area (TPSA) is 76.7 Å². The second kappa shape index (κ2) is 10.2.